The molecule has 0 saturated carbocycles. The molecule has 0 saturated heterocycles. The average Bonchev–Trinajstić information content (AvgIpc) is 2.91. The van der Waals surface area contributed by atoms with Gasteiger partial charge < -0.3 is 5.32 Å². The minimum atomic E-state index is -4.47. The Balaban J connectivity index is 1.43. The first kappa shape index (κ1) is 26.8. The van der Waals surface area contributed by atoms with E-state index in [1.165, 1.54) is 23.8 Å². The van der Waals surface area contributed by atoms with Gasteiger partial charge in [0.1, 0.15) is 5.82 Å². The molecule has 0 spiro atoms. The molecule has 0 radical (unpaired) electrons. The fourth-order valence-corrected chi connectivity index (χ4v) is 5.00. The molecule has 9 heteroatoms. The predicted octanol–water partition coefficient (Wildman–Crippen LogP) is 7.53. The van der Waals surface area contributed by atoms with Crippen LogP contribution in [0.5, 0.6) is 0 Å². The SMILES string of the molecule is O=C(CSc1ccc(C(F)(F)F)cn1)NC(c1ccc(F)cc1)c1ccc(SCc2ccccc2)cc1. The van der Waals surface area contributed by atoms with Crippen LogP contribution in [0, 0.1) is 5.82 Å². The molecule has 1 aromatic heterocycles. The van der Waals surface area contributed by atoms with Gasteiger partial charge in [-0.2, -0.15) is 13.2 Å². The van der Waals surface area contributed by atoms with E-state index < -0.39 is 17.8 Å². The molecule has 1 heterocycles. The lowest BCUT2D eigenvalue weighted by Gasteiger charge is -2.20. The van der Waals surface area contributed by atoms with Crippen LogP contribution in [-0.4, -0.2) is 16.6 Å². The number of nitrogens with zero attached hydrogens (tertiary/aromatic N) is 1. The Labute approximate surface area is 220 Å². The van der Waals surface area contributed by atoms with Gasteiger partial charge in [0.2, 0.25) is 5.91 Å². The van der Waals surface area contributed by atoms with E-state index in [-0.39, 0.29) is 17.5 Å². The monoisotopic (exact) mass is 542 g/mol. The predicted molar refractivity (Wildman–Crippen MR) is 139 cm³/mol. The molecular formula is C28H22F4N2OS2. The number of nitrogens with one attached hydrogen (secondary N) is 1. The molecule has 4 aromatic rings. The van der Waals surface area contributed by atoms with Crippen molar-refractivity contribution in [2.75, 3.05) is 5.75 Å². The van der Waals surface area contributed by atoms with Crippen LogP contribution >= 0.6 is 23.5 Å². The standard InChI is InChI=1S/C28H22F4N2OS2/c29-23-11-6-20(7-12-23)27(21-8-13-24(14-9-21)36-17-19-4-2-1-3-5-19)34-25(35)18-37-26-15-10-22(16-33-26)28(30,31)32/h1-16,27H,17-18H2,(H,34,35). The van der Waals surface area contributed by atoms with Crippen LogP contribution < -0.4 is 5.32 Å². The fraction of sp³-hybridized carbons (Fsp3) is 0.143. The summed E-state index contributed by atoms with van der Waals surface area (Å²) >= 11 is 2.73. The minimum Gasteiger partial charge on any atom is -0.344 e. The summed E-state index contributed by atoms with van der Waals surface area (Å²) in [6, 6.07) is 25.5. The highest BCUT2D eigenvalue weighted by atomic mass is 32.2. The first-order chi connectivity index (χ1) is 17.8. The molecule has 1 atom stereocenters. The molecular weight excluding hydrogens is 520 g/mol. The number of rotatable bonds is 9. The number of thioether (sulfide) groups is 2. The van der Waals surface area contributed by atoms with E-state index in [0.29, 0.717) is 10.6 Å². The van der Waals surface area contributed by atoms with Gasteiger partial charge in [-0.05, 0) is 53.1 Å². The van der Waals surface area contributed by atoms with E-state index in [0.717, 1.165) is 40.2 Å². The number of benzene rings is 3. The Hall–Kier alpha value is -3.30. The summed E-state index contributed by atoms with van der Waals surface area (Å²) in [6.45, 7) is 0. The molecule has 0 aliphatic rings. The van der Waals surface area contributed by atoms with Gasteiger partial charge in [-0.1, -0.05) is 66.4 Å². The number of carbonyl (C=O) groups is 1. The maximum atomic E-state index is 13.5. The van der Waals surface area contributed by atoms with Gasteiger partial charge in [0.15, 0.2) is 0 Å². The summed E-state index contributed by atoms with van der Waals surface area (Å²) in [4.78, 5) is 17.6. The van der Waals surface area contributed by atoms with Gasteiger partial charge in [0, 0.05) is 16.8 Å². The molecule has 0 fully saturated rings. The van der Waals surface area contributed by atoms with Crippen molar-refractivity contribution in [2.24, 2.45) is 0 Å². The van der Waals surface area contributed by atoms with Crippen LogP contribution in [0.15, 0.2) is 107 Å². The Morgan fingerprint density at radius 1 is 0.838 bits per heavy atom. The number of hydrogen-bond donors (Lipinski definition) is 1. The normalized spacial score (nSPS) is 12.2. The third kappa shape index (κ3) is 7.84. The van der Waals surface area contributed by atoms with E-state index in [1.54, 1.807) is 23.9 Å². The smallest absolute Gasteiger partial charge is 0.344 e. The molecule has 3 aromatic carbocycles. The third-order valence-corrected chi connectivity index (χ3v) is 7.41. The van der Waals surface area contributed by atoms with E-state index >= 15 is 0 Å². The van der Waals surface area contributed by atoms with Gasteiger partial charge in [-0.15, -0.1) is 11.8 Å². The zero-order valence-corrected chi connectivity index (χ0v) is 21.0. The van der Waals surface area contributed by atoms with Crippen molar-refractivity contribution in [1.29, 1.82) is 0 Å². The van der Waals surface area contributed by atoms with Crippen molar-refractivity contribution < 1.29 is 22.4 Å². The summed E-state index contributed by atoms with van der Waals surface area (Å²) in [5, 5.41) is 3.26. The molecule has 190 valence electrons. The fourth-order valence-electron chi connectivity index (χ4n) is 3.49. The minimum absolute atomic E-state index is 0.0406. The topological polar surface area (TPSA) is 42.0 Å². The third-order valence-electron chi connectivity index (χ3n) is 5.39. The van der Waals surface area contributed by atoms with Crippen LogP contribution in [0.25, 0.3) is 0 Å². The molecule has 4 rings (SSSR count). The quantitative estimate of drug-likeness (QED) is 0.175. The Kier molecular flexibility index (Phi) is 8.89. The largest absolute Gasteiger partial charge is 0.417 e. The van der Waals surface area contributed by atoms with Crippen molar-refractivity contribution in [3.05, 3.63) is 125 Å². The van der Waals surface area contributed by atoms with Gasteiger partial charge in [-0.25, -0.2) is 9.37 Å². The lowest BCUT2D eigenvalue weighted by Crippen LogP contribution is -2.30. The Morgan fingerprint density at radius 2 is 1.49 bits per heavy atom. The van der Waals surface area contributed by atoms with Crippen molar-refractivity contribution in [3.63, 3.8) is 0 Å². The molecule has 0 aliphatic heterocycles. The first-order valence-electron chi connectivity index (χ1n) is 11.3. The van der Waals surface area contributed by atoms with Gasteiger partial charge >= 0.3 is 6.18 Å². The number of pyridine rings is 1. The van der Waals surface area contributed by atoms with Gasteiger partial charge in [0.05, 0.1) is 22.4 Å². The second kappa shape index (κ2) is 12.3. The molecule has 1 N–H and O–H groups in total. The molecule has 3 nitrogen and oxygen atoms in total. The highest BCUT2D eigenvalue weighted by molar-refractivity contribution is 7.99. The Morgan fingerprint density at radius 3 is 2.08 bits per heavy atom. The molecule has 1 amide bonds. The van der Waals surface area contributed by atoms with E-state index in [1.807, 2.05) is 42.5 Å². The van der Waals surface area contributed by atoms with Crippen LogP contribution in [0.2, 0.25) is 0 Å². The summed E-state index contributed by atoms with van der Waals surface area (Å²) in [5.74, 6) is 0.0724. The second-order valence-electron chi connectivity index (χ2n) is 8.07. The zero-order chi connectivity index (χ0) is 26.3. The highest BCUT2D eigenvalue weighted by Gasteiger charge is 2.30. The van der Waals surface area contributed by atoms with E-state index in [9.17, 15) is 22.4 Å². The lowest BCUT2D eigenvalue weighted by atomic mass is 9.98. The van der Waals surface area contributed by atoms with Gasteiger partial charge in [0.25, 0.3) is 0 Å². The summed E-state index contributed by atoms with van der Waals surface area (Å²) in [6.07, 6.45) is -3.72. The number of amides is 1. The first-order valence-corrected chi connectivity index (χ1v) is 13.2. The van der Waals surface area contributed by atoms with Crippen molar-refractivity contribution in [3.8, 4) is 0 Å². The summed E-state index contributed by atoms with van der Waals surface area (Å²) in [5.41, 5.74) is 1.90. The number of alkyl halides is 3. The molecule has 0 aliphatic carbocycles. The van der Waals surface area contributed by atoms with Gasteiger partial charge in [-0.3, -0.25) is 4.79 Å². The van der Waals surface area contributed by atoms with Crippen LogP contribution in [0.3, 0.4) is 0 Å². The van der Waals surface area contributed by atoms with Crippen molar-refractivity contribution in [1.82, 2.24) is 10.3 Å². The van der Waals surface area contributed by atoms with Crippen LogP contribution in [0.4, 0.5) is 17.6 Å². The highest BCUT2D eigenvalue weighted by Crippen LogP contribution is 2.30. The number of aromatic nitrogens is 1. The van der Waals surface area contributed by atoms with Crippen molar-refractivity contribution >= 4 is 29.4 Å². The summed E-state index contributed by atoms with van der Waals surface area (Å²) in [7, 11) is 0. The zero-order valence-electron chi connectivity index (χ0n) is 19.4. The number of carbonyl (C=O) groups excluding carboxylic acids is 1. The maximum Gasteiger partial charge on any atom is 0.417 e. The molecule has 1 unspecified atom stereocenters. The number of halogens is 4. The maximum absolute atomic E-state index is 13.5. The summed E-state index contributed by atoms with van der Waals surface area (Å²) < 4.78 is 51.7. The lowest BCUT2D eigenvalue weighted by molar-refractivity contribution is -0.137. The van der Waals surface area contributed by atoms with E-state index in [2.05, 4.69) is 22.4 Å². The molecule has 0 bridgehead atoms. The van der Waals surface area contributed by atoms with E-state index in [4.69, 9.17) is 0 Å². The second-order valence-corrected chi connectivity index (χ2v) is 10.1. The Bertz CT molecular complexity index is 1300. The van der Waals surface area contributed by atoms with Crippen LogP contribution in [-0.2, 0) is 16.7 Å². The van der Waals surface area contributed by atoms with Crippen LogP contribution in [0.1, 0.15) is 28.3 Å². The molecule has 37 heavy (non-hydrogen) atoms. The number of hydrogen-bond acceptors (Lipinski definition) is 4. The van der Waals surface area contributed by atoms with Crippen molar-refractivity contribution in [2.45, 2.75) is 27.9 Å². The average molecular weight is 543 g/mol.